The molecular weight excluding hydrogens is 269 g/mol. The van der Waals surface area contributed by atoms with Gasteiger partial charge in [0.2, 0.25) is 5.88 Å². The molecule has 0 bridgehead atoms. The van der Waals surface area contributed by atoms with E-state index < -0.39 is 0 Å². The Morgan fingerprint density at radius 2 is 2.42 bits per heavy atom. The molecule has 0 aromatic carbocycles. The number of halogens is 1. The van der Waals surface area contributed by atoms with Gasteiger partial charge >= 0.3 is 0 Å². The maximum absolute atomic E-state index is 5.06. The molecule has 0 spiro atoms. The van der Waals surface area contributed by atoms with Crippen molar-refractivity contribution in [3.05, 3.63) is 15.8 Å². The smallest absolute Gasteiger partial charge is 0.243 e. The minimum Gasteiger partial charge on any atom is -0.479 e. The zero-order valence-corrected chi connectivity index (χ0v) is 8.49. The highest BCUT2D eigenvalue weighted by atomic mass is 127. The zero-order chi connectivity index (χ0) is 8.55. The fourth-order valence-corrected chi connectivity index (χ4v) is 1.68. The van der Waals surface area contributed by atoms with E-state index in [-0.39, 0.29) is 0 Å². The van der Waals surface area contributed by atoms with Gasteiger partial charge in [-0.3, -0.25) is 5.10 Å². The molecule has 2 aromatic rings. The standard InChI is InChI=1S/C7H6IN3O/c1-12-7-5-4(8)2-3-9-6(5)10-11-7/h2-3H,1H3,(H,9,10,11). The van der Waals surface area contributed by atoms with Crippen LogP contribution >= 0.6 is 22.6 Å². The molecule has 1 N–H and O–H groups in total. The number of pyridine rings is 1. The molecule has 0 aliphatic carbocycles. The third kappa shape index (κ3) is 1.04. The topological polar surface area (TPSA) is 50.8 Å². The van der Waals surface area contributed by atoms with Gasteiger partial charge in [0.05, 0.1) is 12.5 Å². The minimum atomic E-state index is 0.600. The predicted octanol–water partition coefficient (Wildman–Crippen LogP) is 1.57. The number of aromatic amines is 1. The maximum Gasteiger partial charge on any atom is 0.243 e. The van der Waals surface area contributed by atoms with Crippen LogP contribution < -0.4 is 4.74 Å². The molecule has 5 heteroatoms. The first-order valence-corrected chi connectivity index (χ1v) is 4.43. The van der Waals surface area contributed by atoms with Crippen LogP contribution in [0.1, 0.15) is 0 Å². The molecule has 0 unspecified atom stereocenters. The first-order chi connectivity index (χ1) is 5.83. The first kappa shape index (κ1) is 7.78. The molecule has 12 heavy (non-hydrogen) atoms. The van der Waals surface area contributed by atoms with E-state index in [1.165, 1.54) is 0 Å². The van der Waals surface area contributed by atoms with Crippen molar-refractivity contribution in [3.8, 4) is 5.88 Å². The van der Waals surface area contributed by atoms with E-state index in [1.54, 1.807) is 13.3 Å². The number of fused-ring (bicyclic) bond motifs is 1. The highest BCUT2D eigenvalue weighted by Gasteiger charge is 2.08. The van der Waals surface area contributed by atoms with Crippen LogP contribution in [0.3, 0.4) is 0 Å². The molecule has 0 atom stereocenters. The lowest BCUT2D eigenvalue weighted by Crippen LogP contribution is -1.84. The third-order valence-electron chi connectivity index (χ3n) is 1.57. The van der Waals surface area contributed by atoms with Crippen molar-refractivity contribution in [1.29, 1.82) is 0 Å². The van der Waals surface area contributed by atoms with E-state index in [9.17, 15) is 0 Å². The summed E-state index contributed by atoms with van der Waals surface area (Å²) in [6.45, 7) is 0. The Balaban J connectivity index is 2.83. The van der Waals surface area contributed by atoms with E-state index in [1.807, 2.05) is 6.07 Å². The summed E-state index contributed by atoms with van der Waals surface area (Å²) in [4.78, 5) is 4.11. The molecule has 2 heterocycles. The summed E-state index contributed by atoms with van der Waals surface area (Å²) in [6.07, 6.45) is 1.74. The fourth-order valence-electron chi connectivity index (χ4n) is 1.03. The number of nitrogens with one attached hydrogen (secondary N) is 1. The molecule has 0 amide bonds. The van der Waals surface area contributed by atoms with E-state index >= 15 is 0 Å². The number of nitrogens with zero attached hydrogens (tertiary/aromatic N) is 2. The second-order valence-corrected chi connectivity index (χ2v) is 3.41. The number of hydrogen-bond acceptors (Lipinski definition) is 3. The molecule has 4 nitrogen and oxygen atoms in total. The minimum absolute atomic E-state index is 0.600. The predicted molar refractivity (Wildman–Crippen MR) is 53.2 cm³/mol. The van der Waals surface area contributed by atoms with Crippen molar-refractivity contribution >= 4 is 33.6 Å². The molecule has 0 aliphatic heterocycles. The second kappa shape index (κ2) is 2.89. The van der Waals surface area contributed by atoms with Crippen molar-refractivity contribution in [3.63, 3.8) is 0 Å². The Morgan fingerprint density at radius 1 is 1.58 bits per heavy atom. The van der Waals surface area contributed by atoms with E-state index in [0.717, 1.165) is 14.6 Å². The van der Waals surface area contributed by atoms with E-state index in [4.69, 9.17) is 4.74 Å². The third-order valence-corrected chi connectivity index (χ3v) is 2.47. The number of hydrogen-bond donors (Lipinski definition) is 1. The molecule has 0 fully saturated rings. The Labute approximate surface area is 82.5 Å². The Morgan fingerprint density at radius 3 is 3.17 bits per heavy atom. The van der Waals surface area contributed by atoms with Crippen LogP contribution in [0.4, 0.5) is 0 Å². The summed E-state index contributed by atoms with van der Waals surface area (Å²) in [6, 6.07) is 1.92. The van der Waals surface area contributed by atoms with Crippen LogP contribution in [0, 0.1) is 3.57 Å². The largest absolute Gasteiger partial charge is 0.479 e. The summed E-state index contributed by atoms with van der Waals surface area (Å²) >= 11 is 2.22. The highest BCUT2D eigenvalue weighted by Crippen LogP contribution is 2.25. The van der Waals surface area contributed by atoms with Gasteiger partial charge in [0.15, 0.2) is 5.65 Å². The van der Waals surface area contributed by atoms with Gasteiger partial charge in [-0.2, -0.15) is 0 Å². The molecule has 0 aliphatic rings. The summed E-state index contributed by atoms with van der Waals surface area (Å²) in [5.41, 5.74) is 0.763. The molecule has 0 saturated heterocycles. The summed E-state index contributed by atoms with van der Waals surface area (Å²) in [7, 11) is 1.60. The number of H-pyrrole nitrogens is 1. The molecule has 2 aromatic heterocycles. The zero-order valence-electron chi connectivity index (χ0n) is 6.34. The van der Waals surface area contributed by atoms with Gasteiger partial charge in [0.1, 0.15) is 0 Å². The van der Waals surface area contributed by atoms with Crippen molar-refractivity contribution in [2.75, 3.05) is 7.11 Å². The second-order valence-electron chi connectivity index (χ2n) is 2.25. The fraction of sp³-hybridized carbons (Fsp3) is 0.143. The lowest BCUT2D eigenvalue weighted by atomic mass is 10.3. The average molecular weight is 275 g/mol. The molecule has 2 rings (SSSR count). The van der Waals surface area contributed by atoms with Crippen LogP contribution in [-0.4, -0.2) is 22.3 Å². The molecule has 62 valence electrons. The lowest BCUT2D eigenvalue weighted by Gasteiger charge is -1.94. The monoisotopic (exact) mass is 275 g/mol. The summed E-state index contributed by atoms with van der Waals surface area (Å²) in [5, 5.41) is 7.69. The van der Waals surface area contributed by atoms with Crippen molar-refractivity contribution in [1.82, 2.24) is 15.2 Å². The normalized spacial score (nSPS) is 10.5. The Bertz CT molecular complexity index is 412. The highest BCUT2D eigenvalue weighted by molar-refractivity contribution is 14.1. The lowest BCUT2D eigenvalue weighted by molar-refractivity contribution is 0.401. The van der Waals surface area contributed by atoms with Gasteiger partial charge < -0.3 is 4.74 Å². The van der Waals surface area contributed by atoms with Crippen LogP contribution in [0.2, 0.25) is 0 Å². The quantitative estimate of drug-likeness (QED) is 0.804. The number of ether oxygens (including phenoxy) is 1. The van der Waals surface area contributed by atoms with Crippen LogP contribution in [0.25, 0.3) is 11.0 Å². The molecular formula is C7H6IN3O. The van der Waals surface area contributed by atoms with Crippen molar-refractivity contribution in [2.45, 2.75) is 0 Å². The van der Waals surface area contributed by atoms with Crippen molar-refractivity contribution in [2.24, 2.45) is 0 Å². The van der Waals surface area contributed by atoms with Gasteiger partial charge in [0.25, 0.3) is 0 Å². The summed E-state index contributed by atoms with van der Waals surface area (Å²) < 4.78 is 6.15. The molecule has 0 saturated carbocycles. The van der Waals surface area contributed by atoms with Crippen LogP contribution in [0.5, 0.6) is 5.88 Å². The van der Waals surface area contributed by atoms with Gasteiger partial charge in [-0.25, -0.2) is 4.98 Å². The van der Waals surface area contributed by atoms with Crippen LogP contribution in [-0.2, 0) is 0 Å². The number of aromatic nitrogens is 3. The van der Waals surface area contributed by atoms with Gasteiger partial charge in [0, 0.05) is 9.77 Å². The van der Waals surface area contributed by atoms with E-state index in [0.29, 0.717) is 5.88 Å². The van der Waals surface area contributed by atoms with Crippen molar-refractivity contribution < 1.29 is 4.74 Å². The molecule has 0 radical (unpaired) electrons. The maximum atomic E-state index is 5.06. The summed E-state index contributed by atoms with van der Waals surface area (Å²) in [5.74, 6) is 0.600. The van der Waals surface area contributed by atoms with Gasteiger partial charge in [-0.1, -0.05) is 0 Å². The Hall–Kier alpha value is -0.850. The van der Waals surface area contributed by atoms with E-state index in [2.05, 4.69) is 37.8 Å². The van der Waals surface area contributed by atoms with Gasteiger partial charge in [-0.05, 0) is 28.7 Å². The SMILES string of the molecule is COc1n[nH]c2nccc(I)c12. The first-order valence-electron chi connectivity index (χ1n) is 3.35. The van der Waals surface area contributed by atoms with Crippen LogP contribution in [0.15, 0.2) is 12.3 Å². The number of methoxy groups -OCH3 is 1. The Kier molecular flexibility index (Phi) is 1.87. The van der Waals surface area contributed by atoms with Gasteiger partial charge in [-0.15, -0.1) is 5.10 Å². The number of rotatable bonds is 1. The average Bonchev–Trinajstić information content (AvgIpc) is 2.49.